The molecule has 0 aliphatic carbocycles. The molecule has 0 aromatic heterocycles. The maximum atomic E-state index is 12.2. The van der Waals surface area contributed by atoms with Crippen molar-refractivity contribution < 1.29 is 9.59 Å². The van der Waals surface area contributed by atoms with Crippen LogP contribution in [0.3, 0.4) is 0 Å². The Morgan fingerprint density at radius 1 is 1.53 bits per heavy atom. The van der Waals surface area contributed by atoms with Crippen LogP contribution in [0.2, 0.25) is 0 Å². The van der Waals surface area contributed by atoms with Gasteiger partial charge in [-0.25, -0.2) is 0 Å². The maximum absolute atomic E-state index is 12.2. The molecule has 2 unspecified atom stereocenters. The van der Waals surface area contributed by atoms with Gasteiger partial charge in [-0.15, -0.1) is 0 Å². The number of carbonyl (C=O) groups is 2. The molecular formula is C13H25N3O2S. The van der Waals surface area contributed by atoms with E-state index in [1.54, 1.807) is 11.9 Å². The highest BCUT2D eigenvalue weighted by Gasteiger charge is 2.28. The van der Waals surface area contributed by atoms with E-state index < -0.39 is 6.04 Å². The summed E-state index contributed by atoms with van der Waals surface area (Å²) >= 11 is 4.14. The summed E-state index contributed by atoms with van der Waals surface area (Å²) < 4.78 is 0. The van der Waals surface area contributed by atoms with E-state index in [1.165, 1.54) is 13.3 Å². The number of likely N-dealkylation sites (tertiary alicyclic amines) is 1. The second-order valence-electron chi connectivity index (χ2n) is 5.08. The quantitative estimate of drug-likeness (QED) is 0.694. The molecule has 0 spiro atoms. The molecule has 0 saturated carbocycles. The summed E-state index contributed by atoms with van der Waals surface area (Å²) in [5, 5.41) is 2.64. The van der Waals surface area contributed by atoms with Gasteiger partial charge < -0.3 is 10.2 Å². The average Bonchev–Trinajstić information content (AvgIpc) is 2.81. The van der Waals surface area contributed by atoms with E-state index >= 15 is 0 Å². The van der Waals surface area contributed by atoms with Crippen LogP contribution in [0, 0.1) is 0 Å². The molecule has 0 radical (unpaired) electrons. The second-order valence-corrected chi connectivity index (χ2v) is 5.44. The topological polar surface area (TPSA) is 52.6 Å². The largest absolute Gasteiger partial charge is 0.344 e. The molecule has 1 fully saturated rings. The Kier molecular flexibility index (Phi) is 6.65. The van der Waals surface area contributed by atoms with Gasteiger partial charge in [0.2, 0.25) is 11.8 Å². The molecule has 19 heavy (non-hydrogen) atoms. The maximum Gasteiger partial charge on any atom is 0.245 e. The van der Waals surface area contributed by atoms with Crippen LogP contribution in [0.4, 0.5) is 0 Å². The molecule has 6 heteroatoms. The Balaban J connectivity index is 2.53. The number of hydrogen-bond acceptors (Lipinski definition) is 4. The van der Waals surface area contributed by atoms with Gasteiger partial charge in [-0.3, -0.25) is 14.5 Å². The summed E-state index contributed by atoms with van der Waals surface area (Å²) in [5.41, 5.74) is 0. The number of amides is 2. The Morgan fingerprint density at radius 2 is 2.21 bits per heavy atom. The molecule has 1 aliphatic rings. The predicted octanol–water partition coefficient (Wildman–Crippen LogP) is 0.364. The fraction of sp³-hybridized carbons (Fsp3) is 0.846. The lowest BCUT2D eigenvalue weighted by Crippen LogP contribution is -2.50. The third-order valence-corrected chi connectivity index (χ3v) is 3.99. The Bertz CT molecular complexity index is 325. The highest BCUT2D eigenvalue weighted by molar-refractivity contribution is 7.80. The number of likely N-dealkylation sites (N-methyl/N-ethyl adjacent to an activating group) is 2. The lowest BCUT2D eigenvalue weighted by Gasteiger charge is -2.29. The molecule has 5 nitrogen and oxygen atoms in total. The van der Waals surface area contributed by atoms with E-state index in [0.29, 0.717) is 11.8 Å². The van der Waals surface area contributed by atoms with E-state index in [4.69, 9.17) is 0 Å². The minimum Gasteiger partial charge on any atom is -0.344 e. The number of nitrogens with zero attached hydrogens (tertiary/aromatic N) is 2. The second kappa shape index (κ2) is 7.75. The fourth-order valence-corrected chi connectivity index (χ4v) is 2.87. The molecule has 2 amide bonds. The predicted molar refractivity (Wildman–Crippen MR) is 79.4 cm³/mol. The number of thiol groups is 1. The number of nitrogens with one attached hydrogen (secondary N) is 1. The van der Waals surface area contributed by atoms with Crippen molar-refractivity contribution in [2.24, 2.45) is 0 Å². The molecule has 1 aliphatic heterocycles. The average molecular weight is 287 g/mol. The van der Waals surface area contributed by atoms with Crippen molar-refractivity contribution in [3.8, 4) is 0 Å². The first-order chi connectivity index (χ1) is 8.99. The molecule has 0 aromatic carbocycles. The molecule has 1 heterocycles. The van der Waals surface area contributed by atoms with Crippen molar-refractivity contribution in [2.45, 2.75) is 38.8 Å². The molecule has 110 valence electrons. The minimum absolute atomic E-state index is 0.0619. The molecular weight excluding hydrogens is 262 g/mol. The van der Waals surface area contributed by atoms with Gasteiger partial charge in [0.1, 0.15) is 6.04 Å². The standard InChI is InChI=1S/C13H25N3O2S/c1-4-16-7-5-6-11(16)8-15(3)13(18)12(9-19)14-10(2)17/h11-12,19H,4-9H2,1-3H3,(H,14,17). The van der Waals surface area contributed by atoms with Crippen molar-refractivity contribution in [1.82, 2.24) is 15.1 Å². The van der Waals surface area contributed by atoms with Gasteiger partial charge in [-0.1, -0.05) is 6.92 Å². The van der Waals surface area contributed by atoms with Crippen molar-refractivity contribution in [3.05, 3.63) is 0 Å². The van der Waals surface area contributed by atoms with E-state index in [0.717, 1.165) is 26.1 Å². The van der Waals surface area contributed by atoms with Gasteiger partial charge in [-0.2, -0.15) is 12.6 Å². The lowest BCUT2D eigenvalue weighted by molar-refractivity contribution is -0.134. The van der Waals surface area contributed by atoms with Gasteiger partial charge in [0.25, 0.3) is 0 Å². The van der Waals surface area contributed by atoms with Crippen LogP contribution in [0.25, 0.3) is 0 Å². The third-order valence-electron chi connectivity index (χ3n) is 3.62. The summed E-state index contributed by atoms with van der Waals surface area (Å²) in [6.45, 7) is 6.42. The molecule has 0 aromatic rings. The van der Waals surface area contributed by atoms with Crippen LogP contribution in [0.15, 0.2) is 0 Å². The molecule has 1 N–H and O–H groups in total. The molecule has 2 atom stereocenters. The van der Waals surface area contributed by atoms with Crippen molar-refractivity contribution in [2.75, 3.05) is 32.4 Å². The van der Waals surface area contributed by atoms with Crippen LogP contribution in [0.5, 0.6) is 0 Å². The van der Waals surface area contributed by atoms with Crippen LogP contribution >= 0.6 is 12.6 Å². The van der Waals surface area contributed by atoms with Gasteiger partial charge in [0.05, 0.1) is 0 Å². The first-order valence-electron chi connectivity index (χ1n) is 6.86. The minimum atomic E-state index is -0.526. The van der Waals surface area contributed by atoms with Crippen molar-refractivity contribution in [1.29, 1.82) is 0 Å². The van der Waals surface area contributed by atoms with Crippen molar-refractivity contribution >= 4 is 24.4 Å². The first-order valence-corrected chi connectivity index (χ1v) is 7.49. The van der Waals surface area contributed by atoms with Gasteiger partial charge in [-0.05, 0) is 25.9 Å². The van der Waals surface area contributed by atoms with Crippen molar-refractivity contribution in [3.63, 3.8) is 0 Å². The summed E-state index contributed by atoms with van der Waals surface area (Å²) in [5.74, 6) is 0.0651. The Labute approximate surface area is 121 Å². The van der Waals surface area contributed by atoms with Crippen LogP contribution in [-0.4, -0.2) is 66.1 Å². The van der Waals surface area contributed by atoms with Crippen LogP contribution in [-0.2, 0) is 9.59 Å². The number of rotatable bonds is 6. The monoisotopic (exact) mass is 287 g/mol. The smallest absolute Gasteiger partial charge is 0.245 e. The normalized spacial score (nSPS) is 21.2. The van der Waals surface area contributed by atoms with Crippen LogP contribution in [0.1, 0.15) is 26.7 Å². The lowest BCUT2D eigenvalue weighted by atomic mass is 10.2. The molecule has 1 rings (SSSR count). The summed E-state index contributed by atoms with van der Waals surface area (Å²) in [7, 11) is 1.80. The third kappa shape index (κ3) is 4.69. The number of carbonyl (C=O) groups excluding carboxylic acids is 2. The summed E-state index contributed by atoms with van der Waals surface area (Å²) in [6, 6.07) is -0.0841. The zero-order chi connectivity index (χ0) is 14.4. The van der Waals surface area contributed by atoms with E-state index in [-0.39, 0.29) is 11.8 Å². The first kappa shape index (κ1) is 16.3. The Morgan fingerprint density at radius 3 is 2.74 bits per heavy atom. The number of hydrogen-bond donors (Lipinski definition) is 2. The molecule has 1 saturated heterocycles. The fourth-order valence-electron chi connectivity index (χ4n) is 2.62. The summed E-state index contributed by atoms with van der Waals surface area (Å²) in [4.78, 5) is 27.4. The van der Waals surface area contributed by atoms with E-state index in [9.17, 15) is 9.59 Å². The summed E-state index contributed by atoms with van der Waals surface area (Å²) in [6.07, 6.45) is 2.33. The van der Waals surface area contributed by atoms with Gasteiger partial charge >= 0.3 is 0 Å². The zero-order valence-electron chi connectivity index (χ0n) is 12.1. The van der Waals surface area contributed by atoms with E-state index in [2.05, 4.69) is 29.8 Å². The van der Waals surface area contributed by atoms with E-state index in [1.807, 2.05) is 0 Å². The van der Waals surface area contributed by atoms with Gasteiger partial charge in [0, 0.05) is 32.3 Å². The molecule has 0 bridgehead atoms. The highest BCUT2D eigenvalue weighted by Crippen LogP contribution is 2.17. The van der Waals surface area contributed by atoms with Gasteiger partial charge in [0.15, 0.2) is 0 Å². The Hall–Kier alpha value is -0.750. The SMILES string of the molecule is CCN1CCCC1CN(C)C(=O)C(CS)NC(C)=O. The highest BCUT2D eigenvalue weighted by atomic mass is 32.1. The van der Waals surface area contributed by atoms with Crippen LogP contribution < -0.4 is 5.32 Å². The zero-order valence-corrected chi connectivity index (χ0v) is 12.9.